The highest BCUT2D eigenvalue weighted by Gasteiger charge is 2.37. The Bertz CT molecular complexity index is 903. The van der Waals surface area contributed by atoms with Gasteiger partial charge >= 0.3 is 0 Å². The molecule has 0 spiro atoms. The van der Waals surface area contributed by atoms with Crippen molar-refractivity contribution in [3.05, 3.63) is 58.6 Å². The van der Waals surface area contributed by atoms with Gasteiger partial charge in [0.25, 0.3) is 0 Å². The van der Waals surface area contributed by atoms with E-state index in [1.165, 1.54) is 5.56 Å². The van der Waals surface area contributed by atoms with Gasteiger partial charge in [-0.15, -0.1) is 12.4 Å². The van der Waals surface area contributed by atoms with E-state index in [0.29, 0.717) is 17.3 Å². The molecule has 7 heteroatoms. The number of hydrogen-bond acceptors (Lipinski definition) is 3. The third kappa shape index (κ3) is 3.96. The third-order valence-electron chi connectivity index (χ3n) is 5.44. The van der Waals surface area contributed by atoms with Crippen molar-refractivity contribution in [2.45, 2.75) is 31.7 Å². The van der Waals surface area contributed by atoms with Crippen molar-refractivity contribution >= 4 is 47.2 Å². The van der Waals surface area contributed by atoms with E-state index < -0.39 is 0 Å². The molecule has 2 aromatic carbocycles. The monoisotopic (exact) mass is 419 g/mol. The molecule has 3 N–H and O–H groups in total. The van der Waals surface area contributed by atoms with Crippen LogP contribution in [0.1, 0.15) is 36.4 Å². The number of hydrogen-bond donors (Lipinski definition) is 2. The molecule has 1 heterocycles. The lowest BCUT2D eigenvalue weighted by molar-refractivity contribution is -0.127. The molecule has 0 saturated carbocycles. The lowest BCUT2D eigenvalue weighted by Gasteiger charge is -2.27. The van der Waals surface area contributed by atoms with Gasteiger partial charge in [0.1, 0.15) is 0 Å². The second-order valence-electron chi connectivity index (χ2n) is 7.27. The van der Waals surface area contributed by atoms with E-state index in [0.717, 1.165) is 30.5 Å². The average molecular weight is 420 g/mol. The molecule has 28 heavy (non-hydrogen) atoms. The van der Waals surface area contributed by atoms with Gasteiger partial charge in [-0.3, -0.25) is 9.59 Å². The number of anilines is 2. The Labute approximate surface area is 175 Å². The zero-order chi connectivity index (χ0) is 19.0. The number of fused-ring (bicyclic) bond motifs is 1. The summed E-state index contributed by atoms with van der Waals surface area (Å²) < 4.78 is 0. The number of aryl methyl sites for hydroxylation is 1. The summed E-state index contributed by atoms with van der Waals surface area (Å²) in [7, 11) is 0. The number of carbonyl (C=O) groups is 2. The second kappa shape index (κ2) is 8.41. The highest BCUT2D eigenvalue weighted by molar-refractivity contribution is 6.33. The molecular weight excluding hydrogens is 397 g/mol. The third-order valence-corrected chi connectivity index (χ3v) is 5.76. The van der Waals surface area contributed by atoms with Crippen LogP contribution in [-0.2, 0) is 16.0 Å². The molecule has 2 aromatic rings. The van der Waals surface area contributed by atoms with E-state index in [2.05, 4.69) is 5.32 Å². The van der Waals surface area contributed by atoms with Crippen LogP contribution in [0.3, 0.4) is 0 Å². The van der Waals surface area contributed by atoms with E-state index in [4.69, 9.17) is 17.3 Å². The summed E-state index contributed by atoms with van der Waals surface area (Å²) in [5.74, 6) is -0.513. The number of nitrogen functional groups attached to an aromatic ring is 1. The predicted octanol–water partition coefficient (Wildman–Crippen LogP) is 3.89. The Morgan fingerprint density at radius 1 is 1.21 bits per heavy atom. The first kappa shape index (κ1) is 20.5. The molecule has 2 amide bonds. The molecule has 1 fully saturated rings. The molecule has 2 atom stereocenters. The van der Waals surface area contributed by atoms with Crippen LogP contribution < -0.4 is 16.0 Å². The summed E-state index contributed by atoms with van der Waals surface area (Å²) in [6.45, 7) is 0.357. The summed E-state index contributed by atoms with van der Waals surface area (Å²) in [5.41, 5.74) is 9.63. The van der Waals surface area contributed by atoms with Gasteiger partial charge in [-0.25, -0.2) is 0 Å². The first-order valence-corrected chi connectivity index (χ1v) is 9.64. The van der Waals surface area contributed by atoms with Crippen LogP contribution in [0, 0.1) is 5.92 Å². The van der Waals surface area contributed by atoms with E-state index in [-0.39, 0.29) is 42.6 Å². The van der Waals surface area contributed by atoms with Gasteiger partial charge in [0.05, 0.1) is 22.7 Å². The zero-order valence-corrected chi connectivity index (χ0v) is 16.9. The molecule has 1 aliphatic heterocycles. The number of benzene rings is 2. The van der Waals surface area contributed by atoms with Crippen LogP contribution >= 0.6 is 24.0 Å². The number of nitrogens with zero attached hydrogens (tertiary/aromatic N) is 1. The Kier molecular flexibility index (Phi) is 6.16. The van der Waals surface area contributed by atoms with Gasteiger partial charge in [-0.1, -0.05) is 29.8 Å². The molecule has 148 valence electrons. The highest BCUT2D eigenvalue weighted by Crippen LogP contribution is 2.33. The standard InChI is InChI=1S/C21H22ClN3O2.ClH/c22-17-5-1-2-7-19(17)25-12-14(11-20(25)26)21(27)24-18-6-3-4-13-10-15(23)8-9-16(13)18;/h1-2,5,7-10,14,18H,3-4,6,11-12,23H2,(H,24,27);1H. The average Bonchev–Trinajstić information content (AvgIpc) is 3.04. The topological polar surface area (TPSA) is 75.4 Å². The van der Waals surface area contributed by atoms with Crippen LogP contribution in [-0.4, -0.2) is 18.4 Å². The summed E-state index contributed by atoms with van der Waals surface area (Å²) >= 11 is 6.22. The Balaban J connectivity index is 0.00000225. The number of nitrogens with one attached hydrogen (secondary N) is 1. The fourth-order valence-corrected chi connectivity index (χ4v) is 4.30. The maximum atomic E-state index is 12.8. The van der Waals surface area contributed by atoms with Crippen molar-refractivity contribution in [3.8, 4) is 0 Å². The van der Waals surface area contributed by atoms with Crippen LogP contribution in [0.5, 0.6) is 0 Å². The summed E-state index contributed by atoms with van der Waals surface area (Å²) in [5, 5.41) is 3.67. The lowest BCUT2D eigenvalue weighted by atomic mass is 9.87. The largest absolute Gasteiger partial charge is 0.399 e. The lowest BCUT2D eigenvalue weighted by Crippen LogP contribution is -2.36. The summed E-state index contributed by atoms with van der Waals surface area (Å²) in [6.07, 6.45) is 3.10. The van der Waals surface area contributed by atoms with Crippen molar-refractivity contribution in [1.82, 2.24) is 5.32 Å². The molecule has 0 bridgehead atoms. The Morgan fingerprint density at radius 2 is 2.00 bits per heavy atom. The van der Waals surface area contributed by atoms with Gasteiger partial charge in [0, 0.05) is 18.7 Å². The van der Waals surface area contributed by atoms with Gasteiger partial charge in [-0.05, 0) is 54.7 Å². The molecule has 2 aliphatic rings. The molecule has 4 rings (SSSR count). The van der Waals surface area contributed by atoms with Crippen molar-refractivity contribution in [2.24, 2.45) is 5.92 Å². The minimum absolute atomic E-state index is 0. The van der Waals surface area contributed by atoms with Crippen molar-refractivity contribution < 1.29 is 9.59 Å². The van der Waals surface area contributed by atoms with Gasteiger partial charge < -0.3 is 16.0 Å². The number of para-hydroxylation sites is 1. The minimum Gasteiger partial charge on any atom is -0.399 e. The van der Waals surface area contributed by atoms with Crippen LogP contribution in [0.2, 0.25) is 5.02 Å². The minimum atomic E-state index is -0.368. The Morgan fingerprint density at radius 3 is 2.79 bits per heavy atom. The van der Waals surface area contributed by atoms with Gasteiger partial charge in [0.15, 0.2) is 0 Å². The molecule has 0 radical (unpaired) electrons. The number of halogens is 2. The van der Waals surface area contributed by atoms with Crippen molar-refractivity contribution in [2.75, 3.05) is 17.2 Å². The van der Waals surface area contributed by atoms with Crippen LogP contribution in [0.15, 0.2) is 42.5 Å². The van der Waals surface area contributed by atoms with Crippen molar-refractivity contribution in [3.63, 3.8) is 0 Å². The number of rotatable bonds is 3. The number of nitrogens with two attached hydrogens (primary N) is 1. The molecule has 2 unspecified atom stereocenters. The van der Waals surface area contributed by atoms with Crippen LogP contribution in [0.4, 0.5) is 11.4 Å². The second-order valence-corrected chi connectivity index (χ2v) is 7.68. The molecule has 0 aromatic heterocycles. The fraction of sp³-hybridized carbons (Fsp3) is 0.333. The Hall–Kier alpha value is -2.24. The summed E-state index contributed by atoms with van der Waals surface area (Å²) in [6, 6.07) is 13.1. The first-order valence-electron chi connectivity index (χ1n) is 9.26. The molecule has 1 saturated heterocycles. The van der Waals surface area contributed by atoms with E-state index >= 15 is 0 Å². The van der Waals surface area contributed by atoms with E-state index in [9.17, 15) is 9.59 Å². The summed E-state index contributed by atoms with van der Waals surface area (Å²) in [4.78, 5) is 26.9. The van der Waals surface area contributed by atoms with E-state index in [1.54, 1.807) is 11.0 Å². The van der Waals surface area contributed by atoms with Crippen molar-refractivity contribution in [1.29, 1.82) is 0 Å². The molecular formula is C21H23Cl2N3O2. The molecule has 1 aliphatic carbocycles. The van der Waals surface area contributed by atoms with Gasteiger partial charge in [-0.2, -0.15) is 0 Å². The van der Waals surface area contributed by atoms with Gasteiger partial charge in [0.2, 0.25) is 11.8 Å². The number of amides is 2. The maximum absolute atomic E-state index is 12.8. The predicted molar refractivity (Wildman–Crippen MR) is 114 cm³/mol. The fourth-order valence-electron chi connectivity index (χ4n) is 4.06. The molecule has 5 nitrogen and oxygen atoms in total. The number of carbonyl (C=O) groups excluding carboxylic acids is 2. The highest BCUT2D eigenvalue weighted by atomic mass is 35.5. The first-order chi connectivity index (χ1) is 13.0. The van der Waals surface area contributed by atoms with E-state index in [1.807, 2.05) is 36.4 Å². The normalized spacial score (nSPS) is 21.0. The smallest absolute Gasteiger partial charge is 0.227 e. The SMILES string of the molecule is Cl.Nc1ccc2c(c1)CCCC2NC(=O)C1CC(=O)N(c2ccccc2Cl)C1. The zero-order valence-electron chi connectivity index (χ0n) is 15.4. The quantitative estimate of drug-likeness (QED) is 0.740. The maximum Gasteiger partial charge on any atom is 0.227 e. The van der Waals surface area contributed by atoms with Crippen LogP contribution in [0.25, 0.3) is 0 Å².